The largest absolute Gasteiger partial charge is 0.480 e. The van der Waals surface area contributed by atoms with E-state index in [1.807, 2.05) is 0 Å². The average molecular weight is 259 g/mol. The maximum absolute atomic E-state index is 11.2. The Morgan fingerprint density at radius 1 is 1.29 bits per heavy atom. The van der Waals surface area contributed by atoms with Gasteiger partial charge >= 0.3 is 5.97 Å². The lowest BCUT2D eigenvalue weighted by Gasteiger charge is -2.15. The minimum Gasteiger partial charge on any atom is -0.480 e. The molecule has 0 heterocycles. The van der Waals surface area contributed by atoms with Crippen molar-refractivity contribution in [2.75, 3.05) is 6.26 Å². The van der Waals surface area contributed by atoms with Crippen molar-refractivity contribution in [3.05, 3.63) is 29.8 Å². The normalized spacial score (nSPS) is 15.2. The van der Waals surface area contributed by atoms with Gasteiger partial charge < -0.3 is 15.9 Å². The number of sulfone groups is 1. The van der Waals surface area contributed by atoms with Crippen LogP contribution in [-0.2, 0) is 14.6 Å². The Balaban J connectivity index is 2.99. The molecule has 2 atom stereocenters. The van der Waals surface area contributed by atoms with Crippen LogP contribution in [0.15, 0.2) is 29.2 Å². The number of rotatable bonds is 4. The van der Waals surface area contributed by atoms with Crippen molar-refractivity contribution < 1.29 is 23.4 Å². The van der Waals surface area contributed by atoms with E-state index in [9.17, 15) is 18.3 Å². The molecule has 0 aliphatic heterocycles. The van der Waals surface area contributed by atoms with Gasteiger partial charge in [-0.15, -0.1) is 0 Å². The lowest BCUT2D eigenvalue weighted by molar-refractivity contribution is -0.141. The minimum absolute atomic E-state index is 0.0948. The summed E-state index contributed by atoms with van der Waals surface area (Å²) in [6.07, 6.45) is -0.317. The molecule has 0 aliphatic rings. The smallest absolute Gasteiger partial charge is 0.323 e. The molecular formula is C10H13NO5S. The third-order valence-corrected chi connectivity index (χ3v) is 3.40. The standard InChI is InChI=1S/C10H13NO5S/c1-17(15,16)7-4-2-6(3-5-7)9(12)8(11)10(13)14/h2-5,8-9,12H,11H2,1H3,(H,13,14)/t8-,9-/m0/s1. The molecule has 0 bridgehead atoms. The van der Waals surface area contributed by atoms with E-state index >= 15 is 0 Å². The van der Waals surface area contributed by atoms with E-state index in [-0.39, 0.29) is 10.5 Å². The van der Waals surface area contributed by atoms with E-state index in [1.54, 1.807) is 0 Å². The number of carbonyl (C=O) groups is 1. The summed E-state index contributed by atoms with van der Waals surface area (Å²) >= 11 is 0. The molecule has 0 spiro atoms. The molecule has 4 N–H and O–H groups in total. The fourth-order valence-corrected chi connectivity index (χ4v) is 1.89. The van der Waals surface area contributed by atoms with Crippen molar-refractivity contribution >= 4 is 15.8 Å². The molecule has 7 heteroatoms. The van der Waals surface area contributed by atoms with Gasteiger partial charge in [-0.2, -0.15) is 0 Å². The highest BCUT2D eigenvalue weighted by molar-refractivity contribution is 7.90. The second kappa shape index (κ2) is 4.82. The molecule has 6 nitrogen and oxygen atoms in total. The summed E-state index contributed by atoms with van der Waals surface area (Å²) in [5, 5.41) is 18.2. The number of hydrogen-bond acceptors (Lipinski definition) is 5. The first-order valence-corrected chi connectivity index (χ1v) is 6.59. The van der Waals surface area contributed by atoms with Crippen molar-refractivity contribution in [3.8, 4) is 0 Å². The van der Waals surface area contributed by atoms with Gasteiger partial charge in [0.15, 0.2) is 9.84 Å². The quantitative estimate of drug-likeness (QED) is 0.673. The van der Waals surface area contributed by atoms with Gasteiger partial charge in [-0.05, 0) is 17.7 Å². The Morgan fingerprint density at radius 3 is 2.12 bits per heavy atom. The van der Waals surface area contributed by atoms with Crippen molar-refractivity contribution in [2.45, 2.75) is 17.0 Å². The third kappa shape index (κ3) is 3.26. The van der Waals surface area contributed by atoms with Crippen LogP contribution in [0.2, 0.25) is 0 Å². The topological polar surface area (TPSA) is 118 Å². The maximum atomic E-state index is 11.2. The molecule has 1 aromatic rings. The molecule has 17 heavy (non-hydrogen) atoms. The van der Waals surface area contributed by atoms with Gasteiger partial charge in [0.2, 0.25) is 0 Å². The minimum atomic E-state index is -3.31. The summed E-state index contributed by atoms with van der Waals surface area (Å²) in [6.45, 7) is 0. The van der Waals surface area contributed by atoms with Crippen LogP contribution in [0.5, 0.6) is 0 Å². The second-order valence-corrected chi connectivity index (χ2v) is 5.67. The van der Waals surface area contributed by atoms with Gasteiger partial charge in [0, 0.05) is 6.26 Å². The molecule has 94 valence electrons. The Hall–Kier alpha value is -1.44. The van der Waals surface area contributed by atoms with Crippen LogP contribution < -0.4 is 5.73 Å². The predicted octanol–water partition coefficient (Wildman–Crippen LogP) is -0.465. The zero-order valence-corrected chi connectivity index (χ0v) is 9.89. The maximum Gasteiger partial charge on any atom is 0.323 e. The number of nitrogens with two attached hydrogens (primary N) is 1. The molecule has 0 fully saturated rings. The summed E-state index contributed by atoms with van der Waals surface area (Å²) in [5.74, 6) is -1.33. The molecule has 1 aromatic carbocycles. The third-order valence-electron chi connectivity index (χ3n) is 2.28. The highest BCUT2D eigenvalue weighted by Crippen LogP contribution is 2.18. The molecule has 1 rings (SSSR count). The highest BCUT2D eigenvalue weighted by Gasteiger charge is 2.23. The molecule has 0 saturated carbocycles. The summed E-state index contributed by atoms with van der Waals surface area (Å²) < 4.78 is 22.3. The first-order valence-electron chi connectivity index (χ1n) is 4.70. The van der Waals surface area contributed by atoms with Crippen LogP contribution >= 0.6 is 0 Å². The highest BCUT2D eigenvalue weighted by atomic mass is 32.2. The number of carboxylic acids is 1. The predicted molar refractivity (Wildman–Crippen MR) is 60.1 cm³/mol. The van der Waals surface area contributed by atoms with E-state index < -0.39 is 28.0 Å². The molecule has 0 aromatic heterocycles. The van der Waals surface area contributed by atoms with Crippen LogP contribution in [-0.4, -0.2) is 36.9 Å². The first-order chi connectivity index (χ1) is 7.73. The number of aliphatic hydroxyl groups is 1. The Kier molecular flexibility index (Phi) is 3.87. The average Bonchev–Trinajstić information content (AvgIpc) is 2.26. The molecule has 0 radical (unpaired) electrons. The number of aliphatic hydroxyl groups excluding tert-OH is 1. The first kappa shape index (κ1) is 13.6. The SMILES string of the molecule is CS(=O)(=O)c1ccc([C@H](O)[C@H](N)C(=O)O)cc1. The molecule has 0 amide bonds. The van der Waals surface area contributed by atoms with Crippen molar-refractivity contribution in [1.82, 2.24) is 0 Å². The molecule has 0 aliphatic carbocycles. The summed E-state index contributed by atoms with van der Waals surface area (Å²) in [6, 6.07) is 3.82. The van der Waals surface area contributed by atoms with Crippen LogP contribution in [0.4, 0.5) is 0 Å². The van der Waals surface area contributed by atoms with Gasteiger partial charge in [0.1, 0.15) is 12.1 Å². The molecule has 0 unspecified atom stereocenters. The number of hydrogen-bond donors (Lipinski definition) is 3. The van der Waals surface area contributed by atoms with E-state index in [0.29, 0.717) is 0 Å². The molecule has 0 saturated heterocycles. The van der Waals surface area contributed by atoms with Crippen molar-refractivity contribution in [3.63, 3.8) is 0 Å². The van der Waals surface area contributed by atoms with Crippen LogP contribution in [0, 0.1) is 0 Å². The lowest BCUT2D eigenvalue weighted by Crippen LogP contribution is -2.36. The lowest BCUT2D eigenvalue weighted by atomic mass is 10.0. The van der Waals surface area contributed by atoms with Gasteiger partial charge in [-0.1, -0.05) is 12.1 Å². The van der Waals surface area contributed by atoms with Crippen molar-refractivity contribution in [2.24, 2.45) is 5.73 Å². The number of carboxylic acid groups (broad SMARTS) is 1. The fourth-order valence-electron chi connectivity index (χ4n) is 1.25. The zero-order valence-electron chi connectivity index (χ0n) is 9.07. The van der Waals surface area contributed by atoms with Crippen LogP contribution in [0.3, 0.4) is 0 Å². The van der Waals surface area contributed by atoms with E-state index in [4.69, 9.17) is 10.8 Å². The van der Waals surface area contributed by atoms with Gasteiger partial charge in [0.05, 0.1) is 4.90 Å². The van der Waals surface area contributed by atoms with E-state index in [2.05, 4.69) is 0 Å². The summed E-state index contributed by atoms with van der Waals surface area (Å²) in [7, 11) is -3.31. The number of aliphatic carboxylic acids is 1. The zero-order chi connectivity index (χ0) is 13.2. The van der Waals surface area contributed by atoms with Crippen LogP contribution in [0.1, 0.15) is 11.7 Å². The van der Waals surface area contributed by atoms with Gasteiger partial charge in [0.25, 0.3) is 0 Å². The molecular weight excluding hydrogens is 246 g/mol. The Bertz CT molecular complexity index is 508. The summed E-state index contributed by atoms with van der Waals surface area (Å²) in [4.78, 5) is 10.7. The Labute approximate surface area is 98.6 Å². The van der Waals surface area contributed by atoms with Gasteiger partial charge in [-0.25, -0.2) is 8.42 Å². The number of benzene rings is 1. The fraction of sp³-hybridized carbons (Fsp3) is 0.300. The van der Waals surface area contributed by atoms with E-state index in [0.717, 1.165) is 6.26 Å². The van der Waals surface area contributed by atoms with E-state index in [1.165, 1.54) is 24.3 Å². The summed E-state index contributed by atoms with van der Waals surface area (Å²) in [5.41, 5.74) is 5.50. The monoisotopic (exact) mass is 259 g/mol. The van der Waals surface area contributed by atoms with Crippen LogP contribution in [0.25, 0.3) is 0 Å². The second-order valence-electron chi connectivity index (χ2n) is 3.65. The van der Waals surface area contributed by atoms with Gasteiger partial charge in [-0.3, -0.25) is 4.79 Å². The van der Waals surface area contributed by atoms with Crippen molar-refractivity contribution in [1.29, 1.82) is 0 Å². The Morgan fingerprint density at radius 2 is 1.76 bits per heavy atom.